The number of rotatable bonds is 0. The lowest BCUT2D eigenvalue weighted by atomic mass is 10.1. The van der Waals surface area contributed by atoms with Gasteiger partial charge in [-0.1, -0.05) is 42.5 Å². The van der Waals surface area contributed by atoms with Gasteiger partial charge in [0.1, 0.15) is 0 Å². The van der Waals surface area contributed by atoms with Crippen LogP contribution in [0.3, 0.4) is 0 Å². The van der Waals surface area contributed by atoms with Gasteiger partial charge in [-0.05, 0) is 55.3 Å². The molecule has 0 aliphatic heterocycles. The van der Waals surface area contributed by atoms with Gasteiger partial charge in [-0.2, -0.15) is 0 Å². The maximum Gasteiger partial charge on any atom is 0.0894 e. The molecule has 0 saturated heterocycles. The van der Waals surface area contributed by atoms with E-state index in [4.69, 9.17) is 0 Å². The molecule has 0 bridgehead atoms. The molecule has 134 valence electrons. The van der Waals surface area contributed by atoms with E-state index >= 15 is 0 Å². The minimum absolute atomic E-state index is 0.950. The second kappa shape index (κ2) is 7.16. The first kappa shape index (κ1) is 16.5. The molecule has 0 atom stereocenters. The number of fused-ring (bicyclic) bond motifs is 4. The van der Waals surface area contributed by atoms with Crippen LogP contribution in [0.5, 0.6) is 0 Å². The molecule has 6 rings (SSSR count). The molecule has 4 nitrogen and oxygen atoms in total. The number of allylic oxidation sites excluding steroid dienone is 1. The summed E-state index contributed by atoms with van der Waals surface area (Å²) in [4.78, 5) is 18.2. The Bertz CT molecular complexity index is 1220. The van der Waals surface area contributed by atoms with E-state index in [1.807, 2.05) is 72.8 Å². The standard InChI is InChI=1S/C12H10N2.C12H8N2/c2*1-2-6-10-9(5-1)13-11-7-3-4-8-12(11)14-10/h1-3,5-7H,4,8H2;1-8H. The van der Waals surface area contributed by atoms with Gasteiger partial charge in [0.2, 0.25) is 0 Å². The minimum Gasteiger partial charge on any atom is -0.249 e. The van der Waals surface area contributed by atoms with Crippen LogP contribution in [-0.4, -0.2) is 19.9 Å². The van der Waals surface area contributed by atoms with Crippen molar-refractivity contribution in [3.63, 3.8) is 0 Å². The van der Waals surface area contributed by atoms with E-state index in [0.717, 1.165) is 57.3 Å². The van der Waals surface area contributed by atoms with Gasteiger partial charge in [0.25, 0.3) is 0 Å². The van der Waals surface area contributed by atoms with Crippen molar-refractivity contribution in [2.75, 3.05) is 0 Å². The third kappa shape index (κ3) is 3.21. The number of hydrogen-bond donors (Lipinski definition) is 0. The van der Waals surface area contributed by atoms with Gasteiger partial charge in [0.05, 0.1) is 44.5 Å². The summed E-state index contributed by atoms with van der Waals surface area (Å²) < 4.78 is 0. The van der Waals surface area contributed by atoms with Gasteiger partial charge in [-0.3, -0.25) is 0 Å². The molecule has 1 aliphatic rings. The average molecular weight is 362 g/mol. The average Bonchev–Trinajstić information content (AvgIpc) is 2.76. The molecule has 3 aromatic carbocycles. The lowest BCUT2D eigenvalue weighted by Crippen LogP contribution is -2.01. The summed E-state index contributed by atoms with van der Waals surface area (Å²) in [5.74, 6) is 0. The molecular weight excluding hydrogens is 344 g/mol. The zero-order chi connectivity index (χ0) is 18.8. The van der Waals surface area contributed by atoms with E-state index in [9.17, 15) is 0 Å². The molecule has 0 spiro atoms. The molecule has 2 heterocycles. The maximum absolute atomic E-state index is 4.60. The predicted octanol–water partition coefficient (Wildman–Crippen LogP) is 5.37. The molecular formula is C24H18N4. The zero-order valence-electron chi connectivity index (χ0n) is 15.3. The fourth-order valence-corrected chi connectivity index (χ4v) is 3.35. The topological polar surface area (TPSA) is 51.6 Å². The van der Waals surface area contributed by atoms with Crippen molar-refractivity contribution in [1.29, 1.82) is 0 Å². The van der Waals surface area contributed by atoms with Crippen LogP contribution in [0, 0.1) is 0 Å². The molecule has 0 saturated carbocycles. The van der Waals surface area contributed by atoms with Crippen molar-refractivity contribution in [2.45, 2.75) is 12.8 Å². The van der Waals surface area contributed by atoms with Crippen LogP contribution in [0.2, 0.25) is 0 Å². The highest BCUT2D eigenvalue weighted by molar-refractivity contribution is 5.85. The Kier molecular flexibility index (Phi) is 4.22. The normalized spacial score (nSPS) is 12.6. The van der Waals surface area contributed by atoms with Gasteiger partial charge in [0, 0.05) is 0 Å². The smallest absolute Gasteiger partial charge is 0.0894 e. The highest BCUT2D eigenvalue weighted by atomic mass is 14.8. The third-order valence-electron chi connectivity index (χ3n) is 4.74. The molecule has 0 fully saturated rings. The fraction of sp³-hybridized carbons (Fsp3) is 0.0833. The van der Waals surface area contributed by atoms with E-state index in [2.05, 4.69) is 32.1 Å². The summed E-state index contributed by atoms with van der Waals surface area (Å²) in [7, 11) is 0. The van der Waals surface area contributed by atoms with Crippen molar-refractivity contribution >= 4 is 39.2 Å². The van der Waals surface area contributed by atoms with Gasteiger partial charge >= 0.3 is 0 Å². The van der Waals surface area contributed by atoms with Crippen LogP contribution < -0.4 is 0 Å². The first-order valence-corrected chi connectivity index (χ1v) is 9.40. The predicted molar refractivity (Wildman–Crippen MR) is 114 cm³/mol. The number of aromatic nitrogens is 4. The van der Waals surface area contributed by atoms with Crippen molar-refractivity contribution < 1.29 is 0 Å². The third-order valence-corrected chi connectivity index (χ3v) is 4.74. The Balaban J connectivity index is 0.000000122. The molecule has 28 heavy (non-hydrogen) atoms. The summed E-state index contributed by atoms with van der Waals surface area (Å²) in [6.45, 7) is 0. The Morgan fingerprint density at radius 3 is 1.43 bits per heavy atom. The van der Waals surface area contributed by atoms with Crippen molar-refractivity contribution in [3.8, 4) is 0 Å². The number of nitrogens with zero attached hydrogens (tertiary/aromatic N) is 4. The molecule has 0 unspecified atom stereocenters. The zero-order valence-corrected chi connectivity index (χ0v) is 15.3. The fourth-order valence-electron chi connectivity index (χ4n) is 3.35. The lowest BCUT2D eigenvalue weighted by Gasteiger charge is -2.09. The first-order valence-electron chi connectivity index (χ1n) is 9.40. The van der Waals surface area contributed by atoms with Gasteiger partial charge in [-0.25, -0.2) is 19.9 Å². The van der Waals surface area contributed by atoms with Crippen LogP contribution in [0.4, 0.5) is 0 Å². The van der Waals surface area contributed by atoms with E-state index in [1.54, 1.807) is 0 Å². The molecule has 4 heteroatoms. The molecule has 5 aromatic rings. The number of benzene rings is 3. The molecule has 0 amide bonds. The van der Waals surface area contributed by atoms with Crippen LogP contribution in [0.1, 0.15) is 17.8 Å². The van der Waals surface area contributed by atoms with E-state index in [0.29, 0.717) is 0 Å². The first-order chi connectivity index (χ1) is 13.9. The van der Waals surface area contributed by atoms with Gasteiger partial charge in [-0.15, -0.1) is 0 Å². The van der Waals surface area contributed by atoms with Crippen molar-refractivity contribution in [3.05, 3.63) is 90.3 Å². The molecule has 1 aliphatic carbocycles. The summed E-state index contributed by atoms with van der Waals surface area (Å²) in [6, 6.07) is 23.9. The summed E-state index contributed by atoms with van der Waals surface area (Å²) in [6.07, 6.45) is 6.33. The summed E-state index contributed by atoms with van der Waals surface area (Å²) in [5, 5.41) is 0. The highest BCUT2D eigenvalue weighted by Gasteiger charge is 2.08. The quantitative estimate of drug-likeness (QED) is 0.347. The molecule has 0 N–H and O–H groups in total. The number of para-hydroxylation sites is 6. The Labute approximate surface area is 162 Å². The van der Waals surface area contributed by atoms with Crippen molar-refractivity contribution in [1.82, 2.24) is 19.9 Å². The van der Waals surface area contributed by atoms with E-state index in [-0.39, 0.29) is 0 Å². The maximum atomic E-state index is 4.60. The monoisotopic (exact) mass is 362 g/mol. The second-order valence-corrected chi connectivity index (χ2v) is 6.69. The SMILES string of the molecule is C1=Cc2nc3ccccc3nc2CC1.c1ccc2nc3ccccc3nc2c1. The van der Waals surface area contributed by atoms with Crippen LogP contribution in [-0.2, 0) is 6.42 Å². The Morgan fingerprint density at radius 2 is 0.929 bits per heavy atom. The summed E-state index contributed by atoms with van der Waals surface area (Å²) in [5.41, 5.74) is 7.95. The van der Waals surface area contributed by atoms with Gasteiger partial charge in [0.15, 0.2) is 0 Å². The largest absolute Gasteiger partial charge is 0.249 e. The molecule has 0 radical (unpaired) electrons. The number of aryl methyl sites for hydroxylation is 1. The van der Waals surface area contributed by atoms with Gasteiger partial charge < -0.3 is 0 Å². The molecule has 2 aromatic heterocycles. The van der Waals surface area contributed by atoms with Crippen molar-refractivity contribution in [2.24, 2.45) is 0 Å². The second-order valence-electron chi connectivity index (χ2n) is 6.69. The van der Waals surface area contributed by atoms with E-state index < -0.39 is 0 Å². The Hall–Kier alpha value is -3.66. The Morgan fingerprint density at radius 1 is 0.500 bits per heavy atom. The lowest BCUT2D eigenvalue weighted by molar-refractivity contribution is 0.920. The number of hydrogen-bond acceptors (Lipinski definition) is 4. The van der Waals surface area contributed by atoms with Crippen LogP contribution in [0.25, 0.3) is 39.2 Å². The van der Waals surface area contributed by atoms with Crippen LogP contribution >= 0.6 is 0 Å². The van der Waals surface area contributed by atoms with Crippen LogP contribution in [0.15, 0.2) is 78.9 Å². The highest BCUT2D eigenvalue weighted by Crippen LogP contribution is 2.19. The minimum atomic E-state index is 0.950. The summed E-state index contributed by atoms with van der Waals surface area (Å²) >= 11 is 0. The van der Waals surface area contributed by atoms with E-state index in [1.165, 1.54) is 0 Å².